The van der Waals surface area contributed by atoms with Gasteiger partial charge in [0.15, 0.2) is 0 Å². The van der Waals surface area contributed by atoms with Gasteiger partial charge in [-0.3, -0.25) is 4.79 Å². The molecule has 0 aliphatic carbocycles. The van der Waals surface area contributed by atoms with Crippen molar-refractivity contribution >= 4 is 27.3 Å². The number of halogens is 1. The number of morpholine rings is 1. The van der Waals surface area contributed by atoms with Crippen LogP contribution in [0, 0.1) is 19.7 Å². The number of carbonyl (C=O) groups excluding carboxylic acids is 1. The Bertz CT molecular complexity index is 1280. The fourth-order valence-corrected chi connectivity index (χ4v) is 6.01. The van der Waals surface area contributed by atoms with Crippen LogP contribution in [0.4, 0.5) is 4.39 Å². The summed E-state index contributed by atoms with van der Waals surface area (Å²) < 4.78 is 48.7. The van der Waals surface area contributed by atoms with Crippen molar-refractivity contribution in [1.82, 2.24) is 19.2 Å². The molecule has 11 heteroatoms. The molecule has 1 aliphatic heterocycles. The molecule has 1 fully saturated rings. The van der Waals surface area contributed by atoms with Crippen molar-refractivity contribution in [3.8, 4) is 10.7 Å². The molecule has 1 aliphatic rings. The highest BCUT2D eigenvalue weighted by Gasteiger charge is 2.27. The number of amides is 1. The topological polar surface area (TPSA) is 93.5 Å². The van der Waals surface area contributed by atoms with E-state index in [-0.39, 0.29) is 23.2 Å². The van der Waals surface area contributed by atoms with Crippen LogP contribution in [0.2, 0.25) is 0 Å². The van der Waals surface area contributed by atoms with Gasteiger partial charge in [-0.15, -0.1) is 11.3 Å². The molecule has 1 saturated heterocycles. The van der Waals surface area contributed by atoms with Crippen molar-refractivity contribution in [3.05, 3.63) is 58.0 Å². The average Bonchev–Trinajstić information content (AvgIpc) is 3.33. The van der Waals surface area contributed by atoms with Gasteiger partial charge in [0.2, 0.25) is 10.0 Å². The number of carbonyl (C=O) groups is 1. The van der Waals surface area contributed by atoms with Gasteiger partial charge in [0.25, 0.3) is 5.91 Å². The summed E-state index contributed by atoms with van der Waals surface area (Å²) >= 11 is 1.26. The number of aromatic nitrogens is 2. The van der Waals surface area contributed by atoms with Crippen LogP contribution in [0.3, 0.4) is 0 Å². The lowest BCUT2D eigenvalue weighted by Gasteiger charge is -2.26. The molecule has 1 amide bonds. The minimum atomic E-state index is -3.82. The predicted octanol–water partition coefficient (Wildman–Crippen LogP) is 2.86. The summed E-state index contributed by atoms with van der Waals surface area (Å²) in [7, 11) is -2.05. The Hall–Kier alpha value is -2.60. The minimum absolute atomic E-state index is 0.0425. The molecule has 8 nitrogen and oxygen atoms in total. The number of rotatable bonds is 6. The van der Waals surface area contributed by atoms with Crippen molar-refractivity contribution in [1.29, 1.82) is 0 Å². The molecule has 0 spiro atoms. The zero-order valence-electron chi connectivity index (χ0n) is 18.6. The molecule has 3 aromatic rings. The highest BCUT2D eigenvalue weighted by Crippen LogP contribution is 2.33. The maximum atomic E-state index is 13.1. The van der Waals surface area contributed by atoms with E-state index in [4.69, 9.17) is 4.74 Å². The average molecular weight is 493 g/mol. The summed E-state index contributed by atoms with van der Waals surface area (Å²) in [6, 6.07) is 7.22. The van der Waals surface area contributed by atoms with Gasteiger partial charge in [0, 0.05) is 32.4 Å². The highest BCUT2D eigenvalue weighted by atomic mass is 32.2. The zero-order chi connectivity index (χ0) is 23.8. The Balaban J connectivity index is 1.59. The van der Waals surface area contributed by atoms with Gasteiger partial charge in [0.05, 0.1) is 24.6 Å². The van der Waals surface area contributed by atoms with Crippen molar-refractivity contribution < 1.29 is 22.3 Å². The van der Waals surface area contributed by atoms with E-state index in [0.29, 0.717) is 58.8 Å². The van der Waals surface area contributed by atoms with Gasteiger partial charge in [-0.1, -0.05) is 12.1 Å². The highest BCUT2D eigenvalue weighted by molar-refractivity contribution is 7.89. The molecule has 1 N–H and O–H groups in total. The molecule has 3 heterocycles. The van der Waals surface area contributed by atoms with Gasteiger partial charge in [0.1, 0.15) is 20.6 Å². The largest absolute Gasteiger partial charge is 0.378 e. The first-order valence-corrected chi connectivity index (χ1v) is 12.7. The van der Waals surface area contributed by atoms with Gasteiger partial charge >= 0.3 is 0 Å². The van der Waals surface area contributed by atoms with E-state index in [9.17, 15) is 17.6 Å². The Kier molecular flexibility index (Phi) is 6.66. The van der Waals surface area contributed by atoms with Gasteiger partial charge < -0.3 is 14.2 Å². The summed E-state index contributed by atoms with van der Waals surface area (Å²) in [6.45, 7) is 5.65. The van der Waals surface area contributed by atoms with Crippen molar-refractivity contribution in [2.24, 2.45) is 7.05 Å². The Labute approximate surface area is 196 Å². The first kappa shape index (κ1) is 23.6. The van der Waals surface area contributed by atoms with Crippen LogP contribution in [0.25, 0.3) is 10.7 Å². The second-order valence-corrected chi connectivity index (χ2v) is 10.6. The van der Waals surface area contributed by atoms with Crippen molar-refractivity contribution in [3.63, 3.8) is 0 Å². The molecule has 2 aromatic heterocycles. The van der Waals surface area contributed by atoms with E-state index >= 15 is 0 Å². The number of sulfonamides is 1. The lowest BCUT2D eigenvalue weighted by Crippen LogP contribution is -2.40. The second kappa shape index (κ2) is 9.34. The van der Waals surface area contributed by atoms with E-state index in [1.54, 1.807) is 36.4 Å². The van der Waals surface area contributed by atoms with Crippen LogP contribution >= 0.6 is 11.3 Å². The van der Waals surface area contributed by atoms with Crippen LogP contribution in [-0.2, 0) is 28.4 Å². The minimum Gasteiger partial charge on any atom is -0.378 e. The molecule has 176 valence electrons. The van der Waals surface area contributed by atoms with Crippen molar-refractivity contribution in [2.45, 2.75) is 25.3 Å². The number of nitrogens with one attached hydrogen (secondary N) is 1. The van der Waals surface area contributed by atoms with E-state index in [1.807, 2.05) is 0 Å². The summed E-state index contributed by atoms with van der Waals surface area (Å²) in [5.41, 5.74) is 2.43. The van der Waals surface area contributed by atoms with E-state index < -0.39 is 10.0 Å². The first-order chi connectivity index (χ1) is 15.7. The predicted molar refractivity (Wildman–Crippen MR) is 123 cm³/mol. The third-order valence-corrected chi connectivity index (χ3v) is 8.35. The van der Waals surface area contributed by atoms with Crippen LogP contribution in [0.1, 0.15) is 26.6 Å². The lowest BCUT2D eigenvalue weighted by molar-refractivity contribution is 0.0305. The molecule has 0 saturated carbocycles. The smallest absolute Gasteiger partial charge is 0.266 e. The lowest BCUT2D eigenvalue weighted by atomic mass is 10.2. The number of nitrogens with zero attached hydrogens (tertiary/aromatic N) is 3. The fourth-order valence-electron chi connectivity index (χ4n) is 3.62. The molecule has 0 radical (unpaired) electrons. The summed E-state index contributed by atoms with van der Waals surface area (Å²) in [4.78, 5) is 19.9. The maximum Gasteiger partial charge on any atom is 0.266 e. The number of hydrogen-bond donors (Lipinski definition) is 1. The maximum absolute atomic E-state index is 13.1. The summed E-state index contributed by atoms with van der Waals surface area (Å²) in [5.74, 6) is -0.463. The Morgan fingerprint density at radius 2 is 1.88 bits per heavy atom. The molecular weight excluding hydrogens is 467 g/mol. The molecule has 1 aromatic carbocycles. The van der Waals surface area contributed by atoms with Gasteiger partial charge in [-0.2, -0.15) is 0 Å². The van der Waals surface area contributed by atoms with E-state index in [2.05, 4.69) is 9.71 Å². The Morgan fingerprint density at radius 1 is 1.21 bits per heavy atom. The fraction of sp³-hybridized carbons (Fsp3) is 0.364. The third kappa shape index (κ3) is 4.86. The number of hydrogen-bond acceptors (Lipinski definition) is 6. The first-order valence-electron chi connectivity index (χ1n) is 10.4. The molecule has 4 rings (SSSR count). The van der Waals surface area contributed by atoms with Crippen molar-refractivity contribution in [2.75, 3.05) is 26.3 Å². The van der Waals surface area contributed by atoms with Crippen LogP contribution < -0.4 is 4.72 Å². The third-order valence-electron chi connectivity index (χ3n) is 5.67. The molecule has 0 unspecified atom stereocenters. The molecule has 33 heavy (non-hydrogen) atoms. The number of ether oxygens (including phenoxy) is 1. The van der Waals surface area contributed by atoms with Crippen LogP contribution in [0.15, 0.2) is 35.2 Å². The van der Waals surface area contributed by atoms with Gasteiger partial charge in [-0.05, 0) is 37.6 Å². The van der Waals surface area contributed by atoms with E-state index in [0.717, 1.165) is 0 Å². The van der Waals surface area contributed by atoms with Gasteiger partial charge in [-0.25, -0.2) is 22.5 Å². The number of benzene rings is 1. The summed E-state index contributed by atoms with van der Waals surface area (Å²) in [5, 5.41) is 0.578. The second-order valence-electron chi connectivity index (χ2n) is 7.83. The zero-order valence-corrected chi connectivity index (χ0v) is 20.2. The molecule has 0 bridgehead atoms. The van der Waals surface area contributed by atoms with E-state index in [1.165, 1.54) is 35.6 Å². The SMILES string of the molecule is Cc1nc(-c2cc(S(=O)(=O)NCc3ccc(F)cc3)c(C)n2C)sc1C(=O)N1CCOCC1. The quantitative estimate of drug-likeness (QED) is 0.571. The molecular formula is C22H25FN4O4S2. The monoisotopic (exact) mass is 492 g/mol. The molecule has 0 atom stereocenters. The Morgan fingerprint density at radius 3 is 2.55 bits per heavy atom. The normalized spacial score (nSPS) is 14.6. The summed E-state index contributed by atoms with van der Waals surface area (Å²) in [6.07, 6.45) is 0. The standard InChI is InChI=1S/C22H25FN4O4S2/c1-14-20(22(28)27-8-10-31-11-9-27)32-21(25-14)18-12-19(15(2)26(18)3)33(29,30)24-13-16-4-6-17(23)7-5-16/h4-7,12,24H,8-11,13H2,1-3H3. The van der Waals surface area contributed by atoms with Crippen LogP contribution in [-0.4, -0.2) is 55.1 Å². The number of thiazole rings is 1. The number of aryl methyl sites for hydroxylation is 1. The van der Waals surface area contributed by atoms with Crippen LogP contribution in [0.5, 0.6) is 0 Å².